The van der Waals surface area contributed by atoms with Crippen LogP contribution in [0.5, 0.6) is 5.75 Å². The Morgan fingerprint density at radius 2 is 0.978 bits per heavy atom. The molecule has 0 aliphatic heterocycles. The van der Waals surface area contributed by atoms with Crippen LogP contribution in [0.25, 0.3) is 0 Å². The Kier molecular flexibility index (Phi) is 51.2. The number of nitrogens with two attached hydrogens (primary N) is 3. The summed E-state index contributed by atoms with van der Waals surface area (Å²) in [5.74, 6) is 0.213. The van der Waals surface area contributed by atoms with Crippen molar-refractivity contribution >= 4 is 17.1 Å². The number of anilines is 3. The van der Waals surface area contributed by atoms with Crippen molar-refractivity contribution < 1.29 is 39.3 Å². The zero-order valence-corrected chi connectivity index (χ0v) is 31.5. The van der Waals surface area contributed by atoms with Crippen molar-refractivity contribution in [3.8, 4) is 5.75 Å². The third kappa shape index (κ3) is 90.0. The van der Waals surface area contributed by atoms with Gasteiger partial charge in [0, 0.05) is 11.8 Å². The van der Waals surface area contributed by atoms with Gasteiger partial charge in [0.25, 0.3) is 0 Å². The molecule has 0 heterocycles. The number of unbranched alkanes of at least 4 members (excludes halogenated alkanes) is 4. The van der Waals surface area contributed by atoms with Gasteiger partial charge >= 0.3 is 23.7 Å². The maximum atomic E-state index is 8.73. The van der Waals surface area contributed by atoms with Gasteiger partial charge in [0.15, 0.2) is 0 Å². The van der Waals surface area contributed by atoms with Crippen molar-refractivity contribution in [2.45, 2.75) is 93.9 Å². The molecule has 8 heteroatoms. The number of phenols is 1. The zero-order chi connectivity index (χ0) is 37.5. The van der Waals surface area contributed by atoms with Crippen molar-refractivity contribution in [2.75, 3.05) is 17.2 Å². The molecule has 7 nitrogen and oxygen atoms in total. The van der Waals surface area contributed by atoms with Crippen molar-refractivity contribution in [2.24, 2.45) is 10.8 Å². The average molecular weight is 676 g/mol. The molecule has 0 aliphatic rings. The monoisotopic (exact) mass is 675 g/mol. The number of hydrogen-bond acceptors (Lipinski definition) is 7. The van der Waals surface area contributed by atoms with Crippen LogP contribution >= 0.6 is 0 Å². The number of benzene rings is 3. The van der Waals surface area contributed by atoms with E-state index in [1.54, 1.807) is 30.3 Å². The van der Waals surface area contributed by atoms with Gasteiger partial charge in [-0.15, -0.1) is 0 Å². The van der Waals surface area contributed by atoms with Gasteiger partial charge < -0.3 is 50.0 Å². The van der Waals surface area contributed by atoms with Crippen LogP contribution in [0.15, 0.2) is 72.8 Å². The fraction of sp³-hybridized carbons (Fsp3) is 0.421. The average Bonchev–Trinajstić information content (AvgIpc) is 2.97. The molecule has 3 aromatic carbocycles. The molecule has 0 bridgehead atoms. The van der Waals surface area contributed by atoms with Gasteiger partial charge in [0.2, 0.25) is 0 Å². The fourth-order valence-corrected chi connectivity index (χ4v) is 1.84. The molecule has 0 aromatic heterocycles. The minimum atomic E-state index is 0.213. The Hall–Kier alpha value is -2.71. The molecule has 0 aliphatic carbocycles. The summed E-state index contributed by atoms with van der Waals surface area (Å²) < 4.78 is 8.25. The van der Waals surface area contributed by atoms with Crippen LogP contribution in [0.4, 0.5) is 17.1 Å². The van der Waals surface area contributed by atoms with E-state index in [0.29, 0.717) is 5.69 Å². The Morgan fingerprint density at radius 3 is 1.09 bits per heavy atom. The summed E-state index contributed by atoms with van der Waals surface area (Å²) in [6, 6.07) is 26.6. The summed E-state index contributed by atoms with van der Waals surface area (Å²) in [5, 5.41) is 20.7. The number of aromatic hydroxyl groups is 1. The molecule has 0 fully saturated rings. The van der Waals surface area contributed by atoms with E-state index in [2.05, 4.69) is 95.2 Å². The Balaban J connectivity index is -0.000000101. The van der Waals surface area contributed by atoms with Gasteiger partial charge in [0.1, 0.15) is 5.75 Å². The molecule has 0 atom stereocenters. The molecule has 46 heavy (non-hydrogen) atoms. The first kappa shape index (κ1) is 55.7. The molecule has 0 saturated carbocycles. The van der Waals surface area contributed by atoms with Crippen LogP contribution in [0.3, 0.4) is 0 Å². The van der Waals surface area contributed by atoms with Gasteiger partial charge in [-0.3, -0.25) is 10.5 Å². The quantitative estimate of drug-likeness (QED) is 0.0528. The first-order valence-corrected chi connectivity index (χ1v) is 15.7. The third-order valence-electron chi connectivity index (χ3n) is 3.54. The molecule has 0 spiro atoms. The maximum absolute atomic E-state index is 8.73. The molecule has 266 valence electrons. The molecular weight excluding hydrogens is 610 g/mol. The van der Waals surface area contributed by atoms with Gasteiger partial charge in [-0.1, -0.05) is 98.5 Å². The van der Waals surface area contributed by atoms with E-state index < -0.39 is 0 Å². The van der Waals surface area contributed by atoms with E-state index in [1.807, 2.05) is 36.4 Å². The van der Waals surface area contributed by atoms with Crippen LogP contribution in [-0.4, -0.2) is 15.6 Å². The molecule has 0 radical (unpaired) electrons. The second kappa shape index (κ2) is 42.3. The second-order valence-electron chi connectivity index (χ2n) is 11.8. The molecule has 0 unspecified atom stereocenters. The van der Waals surface area contributed by atoms with Crippen LogP contribution in [0, 0.1) is 50.7 Å². The number of nitrogen functional groups attached to an aromatic ring is 3. The standard InChI is InChI=1S/C6H7NO.2C6H6N.4C5H11.H2O2.O.Ti/c7-5-2-1-3-6(8)4-5;2*7-6-4-2-1-3-5-6;2*1-5(2,3)4;2*1-3-5-4-2;1-2;;/h1-4,8H,7H2;2*1-2,4-5H,7H2;2*1H2,2-4H3;2*1,3-5H2,2H3;1-2H;;/q;6*-1;;;. The van der Waals surface area contributed by atoms with Crippen molar-refractivity contribution in [1.29, 1.82) is 0 Å². The van der Waals surface area contributed by atoms with Crippen LogP contribution in [0.2, 0.25) is 0 Å². The SMILES string of the molecule is Nc1c[c-]ccc1.Nc1c[c-]ccc1.Nc1cccc(O)c1.OO.[CH2-]C(C)(C)C.[CH2-]C(C)(C)C.[CH2-]CCCC.[CH2-]CCCC.[O]=[Ti]. The molecule has 9 N–H and O–H groups in total. The summed E-state index contributed by atoms with van der Waals surface area (Å²) in [4.78, 5) is 0. The van der Waals surface area contributed by atoms with Crippen molar-refractivity contribution in [3.63, 3.8) is 0 Å². The third-order valence-corrected chi connectivity index (χ3v) is 3.54. The van der Waals surface area contributed by atoms with Gasteiger partial charge in [0.05, 0.1) is 0 Å². The molecule has 3 rings (SSSR count). The summed E-state index contributed by atoms with van der Waals surface area (Å²) in [7, 11) is 0. The number of rotatable bonds is 4. The number of phenolic OH excluding ortho intramolecular Hbond substituents is 1. The first-order chi connectivity index (χ1) is 21.4. The second-order valence-corrected chi connectivity index (χ2v) is 11.8. The van der Waals surface area contributed by atoms with Crippen LogP contribution in [0.1, 0.15) is 93.9 Å². The Morgan fingerprint density at radius 1 is 0.674 bits per heavy atom. The Labute approximate surface area is 295 Å². The topological polar surface area (TPSA) is 156 Å². The van der Waals surface area contributed by atoms with Crippen molar-refractivity contribution in [1.82, 2.24) is 0 Å². The van der Waals surface area contributed by atoms with Crippen LogP contribution < -0.4 is 17.2 Å². The van der Waals surface area contributed by atoms with E-state index in [1.165, 1.54) is 31.7 Å². The fourth-order valence-electron chi connectivity index (χ4n) is 1.84. The predicted molar refractivity (Wildman–Crippen MR) is 197 cm³/mol. The van der Waals surface area contributed by atoms with Crippen molar-refractivity contribution in [3.05, 3.63) is 113 Å². The summed E-state index contributed by atoms with van der Waals surface area (Å²) in [5.41, 5.74) is 18.6. The predicted octanol–water partition coefficient (Wildman–Crippen LogP) is 10.8. The first-order valence-electron chi connectivity index (χ1n) is 15.1. The van der Waals surface area contributed by atoms with E-state index >= 15 is 0 Å². The summed E-state index contributed by atoms with van der Waals surface area (Å²) >= 11 is 0.750. The Bertz CT molecular complexity index is 845. The van der Waals surface area contributed by atoms with Crippen LogP contribution in [-0.2, 0) is 23.7 Å². The molecular formula is C38H65N3O4Ti-6. The van der Waals surface area contributed by atoms with E-state index in [4.69, 9.17) is 36.1 Å². The van der Waals surface area contributed by atoms with Gasteiger partial charge in [-0.05, 0) is 12.1 Å². The molecule has 3 aromatic rings. The number of hydrogen-bond donors (Lipinski definition) is 6. The van der Waals surface area contributed by atoms with Gasteiger partial charge in [-0.25, -0.2) is 0 Å². The summed E-state index contributed by atoms with van der Waals surface area (Å²) in [6.07, 6.45) is 7.31. The zero-order valence-electron chi connectivity index (χ0n) is 30.0. The summed E-state index contributed by atoms with van der Waals surface area (Å²) in [6.45, 7) is 31.7. The minimum absolute atomic E-state index is 0.213. The van der Waals surface area contributed by atoms with E-state index in [-0.39, 0.29) is 16.6 Å². The normalized spacial score (nSPS) is 8.80. The molecule has 0 saturated heterocycles. The molecule has 0 amide bonds. The van der Waals surface area contributed by atoms with E-state index in [9.17, 15) is 0 Å². The van der Waals surface area contributed by atoms with E-state index in [0.717, 1.165) is 44.6 Å². The van der Waals surface area contributed by atoms with Gasteiger partial charge in [-0.2, -0.15) is 84.3 Å².